The van der Waals surface area contributed by atoms with Gasteiger partial charge in [0.1, 0.15) is 23.5 Å². The summed E-state index contributed by atoms with van der Waals surface area (Å²) in [7, 11) is 0. The minimum absolute atomic E-state index is 0.195. The molecule has 1 aromatic rings. The number of carboxylic acids is 1. The molecule has 1 saturated heterocycles. The minimum atomic E-state index is -1.16. The first-order chi connectivity index (χ1) is 14.0. The Morgan fingerprint density at radius 1 is 1.13 bits per heavy atom. The van der Waals surface area contributed by atoms with E-state index in [1.165, 1.54) is 6.92 Å². The minimum Gasteiger partial charge on any atom is -0.480 e. The van der Waals surface area contributed by atoms with Crippen LogP contribution in [0.15, 0.2) is 24.3 Å². The van der Waals surface area contributed by atoms with Crippen molar-refractivity contribution in [1.29, 1.82) is 0 Å². The summed E-state index contributed by atoms with van der Waals surface area (Å²) in [5.41, 5.74) is 1.49. The number of benzene rings is 1. The third-order valence-electron chi connectivity index (χ3n) is 5.52. The number of nitrogens with one attached hydrogen (secondary N) is 2. The molecule has 2 heterocycles. The van der Waals surface area contributed by atoms with Crippen molar-refractivity contribution in [2.45, 2.75) is 62.9 Å². The summed E-state index contributed by atoms with van der Waals surface area (Å²) in [6, 6.07) is 4.58. The van der Waals surface area contributed by atoms with Gasteiger partial charge in [0.05, 0.1) is 0 Å². The summed E-state index contributed by atoms with van der Waals surface area (Å²) in [5, 5.41) is 14.0. The molecule has 0 radical (unpaired) electrons. The van der Waals surface area contributed by atoms with Crippen LogP contribution in [0.1, 0.15) is 55.9 Å². The van der Waals surface area contributed by atoms with Crippen LogP contribution in [-0.4, -0.2) is 56.6 Å². The maximum atomic E-state index is 13.3. The molecule has 1 unspecified atom stereocenters. The third-order valence-corrected chi connectivity index (χ3v) is 7.06. The second kappa shape index (κ2) is 7.94. The Kier molecular flexibility index (Phi) is 5.86. The molecule has 30 heavy (non-hydrogen) atoms. The fourth-order valence-corrected chi connectivity index (χ4v) is 5.53. The summed E-state index contributed by atoms with van der Waals surface area (Å²) in [6.45, 7) is 8.72. The number of rotatable bonds is 6. The second-order valence-electron chi connectivity index (χ2n) is 8.57. The van der Waals surface area contributed by atoms with Gasteiger partial charge in [-0.1, -0.05) is 32.0 Å². The number of nitrogens with zero attached hydrogens (tertiary/aromatic N) is 1. The molecule has 0 spiro atoms. The van der Waals surface area contributed by atoms with Crippen LogP contribution in [0.5, 0.6) is 0 Å². The molecule has 3 rings (SSSR count). The highest BCUT2D eigenvalue weighted by molar-refractivity contribution is 8.01. The van der Waals surface area contributed by atoms with Gasteiger partial charge in [0.25, 0.3) is 5.91 Å². The number of carbonyl (C=O) groups excluding carboxylic acids is 3. The van der Waals surface area contributed by atoms with E-state index in [1.54, 1.807) is 42.6 Å². The van der Waals surface area contributed by atoms with E-state index in [9.17, 15) is 19.2 Å². The number of aliphatic carboxylic acids is 1. The molecule has 0 aliphatic carbocycles. The number of amides is 3. The van der Waals surface area contributed by atoms with Crippen molar-refractivity contribution in [3.63, 3.8) is 0 Å². The fraction of sp³-hybridized carbons (Fsp3) is 0.524. The number of carbonyl (C=O) groups is 4. The maximum absolute atomic E-state index is 13.3. The standard InChI is InChI=1S/C21H27N3O5S/c1-10(2)14(16(25)22-11(3)20(28)29)23-17(26)15-21(4,5)30-19-13-9-7-6-8-12(13)18(27)24(15)19/h6-11,14-15,19H,1-5H3,(H,22,25)(H,23,26)(H,28,29)/t11-,14+,15-,19?/m1/s1. The van der Waals surface area contributed by atoms with Crippen LogP contribution in [0.2, 0.25) is 0 Å². The van der Waals surface area contributed by atoms with Crippen LogP contribution in [0.4, 0.5) is 0 Å². The molecule has 3 N–H and O–H groups in total. The number of thioether (sulfide) groups is 1. The number of hydrogen-bond acceptors (Lipinski definition) is 5. The van der Waals surface area contributed by atoms with Crippen molar-refractivity contribution < 1.29 is 24.3 Å². The Hall–Kier alpha value is -2.55. The highest BCUT2D eigenvalue weighted by atomic mass is 32.2. The van der Waals surface area contributed by atoms with Gasteiger partial charge >= 0.3 is 5.97 Å². The van der Waals surface area contributed by atoms with Gasteiger partial charge < -0.3 is 20.6 Å². The Morgan fingerprint density at radius 3 is 2.37 bits per heavy atom. The normalized spacial score (nSPS) is 23.5. The Bertz CT molecular complexity index is 900. The predicted octanol–water partition coefficient (Wildman–Crippen LogP) is 1.77. The van der Waals surface area contributed by atoms with E-state index in [1.807, 2.05) is 26.0 Å². The third kappa shape index (κ3) is 3.78. The smallest absolute Gasteiger partial charge is 0.325 e. The SMILES string of the molecule is CC(C)[C@H](NC(=O)[C@H]1N2C(=O)c3ccccc3C2SC1(C)C)C(=O)N[C@H](C)C(=O)O. The molecule has 0 bridgehead atoms. The summed E-state index contributed by atoms with van der Waals surface area (Å²) >= 11 is 1.55. The van der Waals surface area contributed by atoms with E-state index in [0.29, 0.717) is 5.56 Å². The van der Waals surface area contributed by atoms with Gasteiger partial charge in [-0.05, 0) is 38.3 Å². The molecule has 3 amide bonds. The highest BCUT2D eigenvalue weighted by Crippen LogP contribution is 2.56. The van der Waals surface area contributed by atoms with E-state index in [-0.39, 0.29) is 17.2 Å². The number of fused-ring (bicyclic) bond motifs is 3. The van der Waals surface area contributed by atoms with Crippen LogP contribution in [-0.2, 0) is 14.4 Å². The lowest BCUT2D eigenvalue weighted by molar-refractivity contribution is -0.142. The zero-order valence-electron chi connectivity index (χ0n) is 17.6. The fourth-order valence-electron chi connectivity index (χ4n) is 3.94. The topological polar surface area (TPSA) is 116 Å². The van der Waals surface area contributed by atoms with Crippen molar-refractivity contribution in [3.05, 3.63) is 35.4 Å². The van der Waals surface area contributed by atoms with E-state index in [0.717, 1.165) is 5.56 Å². The zero-order valence-corrected chi connectivity index (χ0v) is 18.4. The van der Waals surface area contributed by atoms with Gasteiger partial charge in [-0.25, -0.2) is 0 Å². The van der Waals surface area contributed by atoms with Crippen LogP contribution in [0.25, 0.3) is 0 Å². The molecule has 4 atom stereocenters. The van der Waals surface area contributed by atoms with E-state index in [2.05, 4.69) is 10.6 Å². The molecule has 162 valence electrons. The Labute approximate surface area is 179 Å². The van der Waals surface area contributed by atoms with Crippen LogP contribution in [0.3, 0.4) is 0 Å². The van der Waals surface area contributed by atoms with Crippen molar-refractivity contribution >= 4 is 35.5 Å². The van der Waals surface area contributed by atoms with Crippen molar-refractivity contribution in [2.24, 2.45) is 5.92 Å². The lowest BCUT2D eigenvalue weighted by atomic mass is 9.98. The van der Waals surface area contributed by atoms with Crippen LogP contribution < -0.4 is 10.6 Å². The molecular formula is C21H27N3O5S. The first kappa shape index (κ1) is 22.1. The Morgan fingerprint density at radius 2 is 1.77 bits per heavy atom. The lowest BCUT2D eigenvalue weighted by Gasteiger charge is -2.32. The molecule has 1 fully saturated rings. The summed E-state index contributed by atoms with van der Waals surface area (Å²) in [5.74, 6) is -2.61. The quantitative estimate of drug-likeness (QED) is 0.630. The van der Waals surface area contributed by atoms with Crippen LogP contribution >= 0.6 is 11.8 Å². The lowest BCUT2D eigenvalue weighted by Crippen LogP contribution is -2.59. The summed E-state index contributed by atoms with van der Waals surface area (Å²) in [4.78, 5) is 51.6. The van der Waals surface area contributed by atoms with Crippen LogP contribution in [0, 0.1) is 5.92 Å². The highest BCUT2D eigenvalue weighted by Gasteiger charge is 2.57. The molecule has 0 aromatic heterocycles. The average molecular weight is 434 g/mol. The molecular weight excluding hydrogens is 406 g/mol. The van der Waals surface area contributed by atoms with Gasteiger partial charge in [-0.3, -0.25) is 19.2 Å². The molecule has 1 aromatic carbocycles. The predicted molar refractivity (Wildman–Crippen MR) is 113 cm³/mol. The zero-order chi connectivity index (χ0) is 22.4. The molecule has 0 saturated carbocycles. The largest absolute Gasteiger partial charge is 0.480 e. The van der Waals surface area contributed by atoms with Gasteiger partial charge in [0.15, 0.2) is 0 Å². The summed E-state index contributed by atoms with van der Waals surface area (Å²) < 4.78 is -0.565. The second-order valence-corrected chi connectivity index (χ2v) is 10.3. The average Bonchev–Trinajstić information content (AvgIpc) is 3.09. The maximum Gasteiger partial charge on any atom is 0.325 e. The van der Waals surface area contributed by atoms with E-state index < -0.39 is 40.7 Å². The molecule has 9 heteroatoms. The van der Waals surface area contributed by atoms with E-state index >= 15 is 0 Å². The summed E-state index contributed by atoms with van der Waals surface area (Å²) in [6.07, 6.45) is 0. The molecule has 2 aliphatic heterocycles. The molecule has 8 nitrogen and oxygen atoms in total. The monoisotopic (exact) mass is 433 g/mol. The van der Waals surface area contributed by atoms with Gasteiger partial charge in [0, 0.05) is 10.3 Å². The van der Waals surface area contributed by atoms with E-state index in [4.69, 9.17) is 5.11 Å². The first-order valence-electron chi connectivity index (χ1n) is 9.88. The van der Waals surface area contributed by atoms with Crippen molar-refractivity contribution in [1.82, 2.24) is 15.5 Å². The van der Waals surface area contributed by atoms with Crippen molar-refractivity contribution in [3.8, 4) is 0 Å². The van der Waals surface area contributed by atoms with Gasteiger partial charge in [0.2, 0.25) is 11.8 Å². The van der Waals surface area contributed by atoms with Crippen molar-refractivity contribution in [2.75, 3.05) is 0 Å². The number of hydrogen-bond donors (Lipinski definition) is 3. The molecule has 2 aliphatic rings. The van der Waals surface area contributed by atoms with Gasteiger partial charge in [-0.2, -0.15) is 0 Å². The first-order valence-corrected chi connectivity index (χ1v) is 10.8. The Balaban J connectivity index is 1.84. The number of carboxylic acid groups (broad SMARTS) is 1. The van der Waals surface area contributed by atoms with Gasteiger partial charge in [-0.15, -0.1) is 11.8 Å².